The third-order valence-corrected chi connectivity index (χ3v) is 4.96. The van der Waals surface area contributed by atoms with Gasteiger partial charge in [0.2, 0.25) is 5.95 Å². The molecule has 0 saturated heterocycles. The van der Waals surface area contributed by atoms with E-state index < -0.39 is 6.04 Å². The fraction of sp³-hybridized carbons (Fsp3) is 0.304. The summed E-state index contributed by atoms with van der Waals surface area (Å²) in [6.07, 6.45) is 0.0692. The molecule has 1 unspecified atom stereocenters. The number of hydrogen-bond donors (Lipinski definition) is 2. The van der Waals surface area contributed by atoms with Crippen molar-refractivity contribution < 1.29 is 14.3 Å². The van der Waals surface area contributed by atoms with Crippen LogP contribution in [0.2, 0.25) is 0 Å². The Morgan fingerprint density at radius 2 is 1.94 bits per heavy atom. The number of rotatable bonds is 7. The average molecular weight is 435 g/mol. The summed E-state index contributed by atoms with van der Waals surface area (Å²) in [5, 5.41) is 18.1. The number of nitrogens with zero attached hydrogens (tertiary/aromatic N) is 4. The normalized spacial score (nSPS) is 15.2. The Morgan fingerprint density at radius 3 is 2.66 bits per heavy atom. The Labute approximate surface area is 186 Å². The molecule has 1 aliphatic heterocycles. The first-order chi connectivity index (χ1) is 15.5. The number of fused-ring (bicyclic) bond motifs is 1. The van der Waals surface area contributed by atoms with Crippen LogP contribution in [0.5, 0.6) is 11.5 Å². The fourth-order valence-electron chi connectivity index (χ4n) is 3.66. The van der Waals surface area contributed by atoms with Crippen molar-refractivity contribution in [3.8, 4) is 11.5 Å². The number of anilines is 2. The van der Waals surface area contributed by atoms with E-state index in [0.29, 0.717) is 35.3 Å². The molecule has 2 aromatic carbocycles. The quantitative estimate of drug-likeness (QED) is 0.583. The van der Waals surface area contributed by atoms with Crippen molar-refractivity contribution in [2.24, 2.45) is 0 Å². The van der Waals surface area contributed by atoms with Gasteiger partial charge in [-0.2, -0.15) is 4.68 Å². The summed E-state index contributed by atoms with van der Waals surface area (Å²) in [6, 6.07) is 14.5. The number of hydrogen-bond acceptors (Lipinski definition) is 7. The summed E-state index contributed by atoms with van der Waals surface area (Å²) < 4.78 is 13.0. The van der Waals surface area contributed by atoms with Crippen LogP contribution in [0.1, 0.15) is 39.3 Å². The van der Waals surface area contributed by atoms with Gasteiger partial charge in [0.15, 0.2) is 0 Å². The van der Waals surface area contributed by atoms with Crippen molar-refractivity contribution in [3.63, 3.8) is 0 Å². The Hall–Kier alpha value is -3.88. The lowest BCUT2D eigenvalue weighted by Gasteiger charge is -2.28. The number of carbonyl (C=O) groups is 1. The summed E-state index contributed by atoms with van der Waals surface area (Å²) in [6.45, 7) is 8.19. The van der Waals surface area contributed by atoms with Gasteiger partial charge in [-0.15, -0.1) is 0 Å². The molecule has 1 aromatic heterocycles. The number of amides is 1. The molecule has 0 spiro atoms. The molecular formula is C23H26N6O3. The minimum atomic E-state index is -0.506. The number of benzene rings is 2. The highest BCUT2D eigenvalue weighted by Crippen LogP contribution is 2.36. The lowest BCUT2D eigenvalue weighted by atomic mass is 9.95. The maximum atomic E-state index is 13.5. The number of nitrogens with one attached hydrogen (secondary N) is 2. The van der Waals surface area contributed by atoms with Crippen LogP contribution < -0.4 is 20.1 Å². The molecule has 2 heterocycles. The molecule has 0 fully saturated rings. The SMILES string of the molecule is CCOc1ccccc1NC(=O)C1=C(C)Nc2nnnn2C1c1ccc(OC(C)C)cc1. The van der Waals surface area contributed by atoms with Gasteiger partial charge in [-0.3, -0.25) is 4.79 Å². The Bertz CT molecular complexity index is 1140. The van der Waals surface area contributed by atoms with E-state index in [1.807, 2.05) is 76.2 Å². The second-order valence-electron chi connectivity index (χ2n) is 7.63. The second kappa shape index (κ2) is 9.09. The molecule has 0 bridgehead atoms. The van der Waals surface area contributed by atoms with E-state index in [9.17, 15) is 4.79 Å². The van der Waals surface area contributed by atoms with Crippen LogP contribution in [0.4, 0.5) is 11.6 Å². The Kier molecular flexibility index (Phi) is 6.07. The van der Waals surface area contributed by atoms with Gasteiger partial charge in [-0.05, 0) is 68.0 Å². The van der Waals surface area contributed by atoms with Crippen molar-refractivity contribution in [2.75, 3.05) is 17.2 Å². The minimum absolute atomic E-state index is 0.0692. The van der Waals surface area contributed by atoms with E-state index in [1.165, 1.54) is 0 Å². The molecular weight excluding hydrogens is 408 g/mol. The van der Waals surface area contributed by atoms with E-state index >= 15 is 0 Å². The number of carbonyl (C=O) groups excluding carboxylic acids is 1. The molecule has 9 nitrogen and oxygen atoms in total. The maximum Gasteiger partial charge on any atom is 0.255 e. The van der Waals surface area contributed by atoms with Crippen LogP contribution in [0.25, 0.3) is 0 Å². The Balaban J connectivity index is 1.70. The summed E-state index contributed by atoms with van der Waals surface area (Å²) >= 11 is 0. The predicted molar refractivity (Wildman–Crippen MR) is 121 cm³/mol. The van der Waals surface area contributed by atoms with Crippen molar-refractivity contribution in [1.29, 1.82) is 0 Å². The van der Waals surface area contributed by atoms with Gasteiger partial charge in [0.1, 0.15) is 17.5 Å². The molecule has 0 radical (unpaired) electrons. The van der Waals surface area contributed by atoms with E-state index in [-0.39, 0.29) is 12.0 Å². The van der Waals surface area contributed by atoms with E-state index in [1.54, 1.807) is 4.68 Å². The third kappa shape index (κ3) is 4.27. The second-order valence-corrected chi connectivity index (χ2v) is 7.63. The zero-order valence-corrected chi connectivity index (χ0v) is 18.5. The molecule has 3 aromatic rings. The van der Waals surface area contributed by atoms with E-state index in [4.69, 9.17) is 9.47 Å². The predicted octanol–water partition coefficient (Wildman–Crippen LogP) is 3.79. The van der Waals surface area contributed by atoms with E-state index in [0.717, 1.165) is 11.3 Å². The first-order valence-electron chi connectivity index (χ1n) is 10.5. The van der Waals surface area contributed by atoms with E-state index in [2.05, 4.69) is 26.2 Å². The summed E-state index contributed by atoms with van der Waals surface area (Å²) in [5.41, 5.74) is 2.64. The van der Waals surface area contributed by atoms with Gasteiger partial charge < -0.3 is 20.1 Å². The molecule has 2 N–H and O–H groups in total. The van der Waals surface area contributed by atoms with Gasteiger partial charge in [0.25, 0.3) is 5.91 Å². The lowest BCUT2D eigenvalue weighted by molar-refractivity contribution is -0.113. The third-order valence-electron chi connectivity index (χ3n) is 4.96. The molecule has 0 aliphatic carbocycles. The monoisotopic (exact) mass is 434 g/mol. The number of tetrazole rings is 1. The molecule has 1 atom stereocenters. The molecule has 9 heteroatoms. The van der Waals surface area contributed by atoms with Gasteiger partial charge in [0, 0.05) is 5.70 Å². The van der Waals surface area contributed by atoms with Crippen molar-refractivity contribution in [3.05, 3.63) is 65.4 Å². The number of ether oxygens (including phenoxy) is 2. The highest BCUT2D eigenvalue weighted by molar-refractivity contribution is 6.06. The molecule has 166 valence electrons. The Morgan fingerprint density at radius 1 is 1.19 bits per heavy atom. The van der Waals surface area contributed by atoms with Crippen LogP contribution >= 0.6 is 0 Å². The first kappa shape index (κ1) is 21.4. The minimum Gasteiger partial charge on any atom is -0.492 e. The molecule has 1 aliphatic rings. The molecule has 1 amide bonds. The summed E-state index contributed by atoms with van der Waals surface area (Å²) in [4.78, 5) is 13.5. The summed E-state index contributed by atoms with van der Waals surface area (Å²) in [5.74, 6) is 1.57. The standard InChI is InChI=1S/C23H26N6O3/c1-5-31-19-9-7-6-8-18(19)25-22(30)20-15(4)24-23-26-27-28-29(23)21(20)16-10-12-17(13-11-16)32-14(2)3/h6-14,21H,5H2,1-4H3,(H,25,30)(H,24,26,28). The highest BCUT2D eigenvalue weighted by Gasteiger charge is 2.34. The number of allylic oxidation sites excluding steroid dienone is 1. The number of para-hydroxylation sites is 2. The van der Waals surface area contributed by atoms with Crippen LogP contribution in [0, 0.1) is 0 Å². The van der Waals surface area contributed by atoms with Crippen LogP contribution in [-0.2, 0) is 4.79 Å². The first-order valence-corrected chi connectivity index (χ1v) is 10.5. The van der Waals surface area contributed by atoms with Crippen LogP contribution in [0.3, 0.4) is 0 Å². The molecule has 32 heavy (non-hydrogen) atoms. The summed E-state index contributed by atoms with van der Waals surface area (Å²) in [7, 11) is 0. The van der Waals surface area contributed by atoms with Gasteiger partial charge in [-0.25, -0.2) is 0 Å². The maximum absolute atomic E-state index is 13.5. The van der Waals surface area contributed by atoms with Gasteiger partial charge >= 0.3 is 0 Å². The van der Waals surface area contributed by atoms with Crippen molar-refractivity contribution >= 4 is 17.5 Å². The van der Waals surface area contributed by atoms with Crippen LogP contribution in [0.15, 0.2) is 59.8 Å². The fourth-order valence-corrected chi connectivity index (χ4v) is 3.66. The largest absolute Gasteiger partial charge is 0.492 e. The molecule has 4 rings (SSSR count). The zero-order valence-electron chi connectivity index (χ0n) is 18.5. The van der Waals surface area contributed by atoms with Crippen molar-refractivity contribution in [1.82, 2.24) is 20.2 Å². The smallest absolute Gasteiger partial charge is 0.255 e. The van der Waals surface area contributed by atoms with Gasteiger partial charge in [0.05, 0.1) is 24.0 Å². The van der Waals surface area contributed by atoms with Crippen LogP contribution in [-0.4, -0.2) is 38.8 Å². The number of aromatic nitrogens is 4. The topological polar surface area (TPSA) is 103 Å². The molecule has 0 saturated carbocycles. The lowest BCUT2D eigenvalue weighted by Crippen LogP contribution is -2.31. The highest BCUT2D eigenvalue weighted by atomic mass is 16.5. The van der Waals surface area contributed by atoms with Gasteiger partial charge in [-0.1, -0.05) is 29.4 Å². The zero-order chi connectivity index (χ0) is 22.7. The van der Waals surface area contributed by atoms with Crippen molar-refractivity contribution in [2.45, 2.75) is 39.8 Å². The average Bonchev–Trinajstić information content (AvgIpc) is 3.22.